The van der Waals surface area contributed by atoms with Crippen LogP contribution in [0.15, 0.2) is 12.3 Å². The quantitative estimate of drug-likeness (QED) is 0.904. The number of hydrogen-bond donors (Lipinski definition) is 1. The molecule has 6 heteroatoms. The summed E-state index contributed by atoms with van der Waals surface area (Å²) in [6.07, 6.45) is 3.81. The number of carboxylic acids is 1. The Morgan fingerprint density at radius 2 is 2.40 bits per heavy atom. The average molecular weight is 298 g/mol. The Kier molecular flexibility index (Phi) is 4.83. The molecule has 20 heavy (non-hydrogen) atoms. The molecule has 1 aliphatic heterocycles. The van der Waals surface area contributed by atoms with Gasteiger partial charge in [0.15, 0.2) is 0 Å². The van der Waals surface area contributed by atoms with Gasteiger partial charge in [-0.15, -0.1) is 0 Å². The summed E-state index contributed by atoms with van der Waals surface area (Å²) in [6.45, 7) is 5.21. The molecule has 1 N–H and O–H groups in total. The van der Waals surface area contributed by atoms with Crippen molar-refractivity contribution in [1.29, 1.82) is 0 Å². The number of likely N-dealkylation sites (N-methyl/N-ethyl adjacent to an activating group) is 2. The number of halogens is 1. The van der Waals surface area contributed by atoms with Gasteiger partial charge < -0.3 is 10.0 Å². The van der Waals surface area contributed by atoms with Crippen LogP contribution in [-0.4, -0.2) is 53.7 Å². The van der Waals surface area contributed by atoms with Gasteiger partial charge in [0.25, 0.3) is 0 Å². The van der Waals surface area contributed by atoms with Gasteiger partial charge in [-0.05, 0) is 32.0 Å². The number of aromatic nitrogens is 1. The number of likely N-dealkylation sites (tertiary alicyclic amines) is 1. The second-order valence-electron chi connectivity index (χ2n) is 5.13. The van der Waals surface area contributed by atoms with Gasteiger partial charge in [0, 0.05) is 25.8 Å². The second-order valence-corrected chi connectivity index (χ2v) is 5.54. The van der Waals surface area contributed by atoms with Crippen molar-refractivity contribution in [2.75, 3.05) is 31.6 Å². The first-order valence-corrected chi connectivity index (χ1v) is 7.24. The molecule has 1 aliphatic rings. The second kappa shape index (κ2) is 6.41. The highest BCUT2D eigenvalue weighted by Gasteiger charge is 2.24. The molecule has 1 aromatic heterocycles. The van der Waals surface area contributed by atoms with Crippen molar-refractivity contribution in [2.45, 2.75) is 25.8 Å². The van der Waals surface area contributed by atoms with Gasteiger partial charge >= 0.3 is 5.97 Å². The smallest absolute Gasteiger partial charge is 0.337 e. The van der Waals surface area contributed by atoms with Gasteiger partial charge in [-0.1, -0.05) is 18.5 Å². The van der Waals surface area contributed by atoms with Crippen LogP contribution in [0, 0.1) is 0 Å². The van der Waals surface area contributed by atoms with Gasteiger partial charge in [0.2, 0.25) is 0 Å². The maximum Gasteiger partial charge on any atom is 0.337 e. The highest BCUT2D eigenvalue weighted by Crippen LogP contribution is 2.22. The molecule has 1 fully saturated rings. The Balaban J connectivity index is 2.11. The SMILES string of the molecule is CCN1CCCC1CN(C)c1cc(C(=O)O)c(Cl)cn1. The molecule has 0 aliphatic carbocycles. The predicted molar refractivity (Wildman–Crippen MR) is 79.7 cm³/mol. The highest BCUT2D eigenvalue weighted by molar-refractivity contribution is 6.33. The van der Waals surface area contributed by atoms with Gasteiger partial charge in [0.05, 0.1) is 10.6 Å². The van der Waals surface area contributed by atoms with Crippen LogP contribution in [-0.2, 0) is 0 Å². The molecule has 2 rings (SSSR count). The van der Waals surface area contributed by atoms with Crippen LogP contribution >= 0.6 is 11.6 Å². The van der Waals surface area contributed by atoms with Crippen LogP contribution in [0.3, 0.4) is 0 Å². The Labute approximate surface area is 124 Å². The van der Waals surface area contributed by atoms with E-state index in [9.17, 15) is 4.79 Å². The first-order valence-electron chi connectivity index (χ1n) is 6.87. The van der Waals surface area contributed by atoms with Crippen molar-refractivity contribution in [3.05, 3.63) is 22.8 Å². The number of hydrogen-bond acceptors (Lipinski definition) is 4. The van der Waals surface area contributed by atoms with E-state index in [2.05, 4.69) is 16.8 Å². The topological polar surface area (TPSA) is 56.7 Å². The van der Waals surface area contributed by atoms with Crippen LogP contribution in [0.25, 0.3) is 0 Å². The van der Waals surface area contributed by atoms with E-state index in [1.54, 1.807) is 0 Å². The van der Waals surface area contributed by atoms with Crippen LogP contribution in [0.2, 0.25) is 5.02 Å². The minimum Gasteiger partial charge on any atom is -0.478 e. The normalized spacial score (nSPS) is 19.2. The Morgan fingerprint density at radius 1 is 1.65 bits per heavy atom. The van der Waals surface area contributed by atoms with E-state index >= 15 is 0 Å². The number of carboxylic acid groups (broad SMARTS) is 1. The number of anilines is 1. The van der Waals surface area contributed by atoms with E-state index in [0.717, 1.165) is 19.6 Å². The molecule has 1 saturated heterocycles. The minimum atomic E-state index is -1.02. The van der Waals surface area contributed by atoms with Crippen LogP contribution in [0.5, 0.6) is 0 Å². The lowest BCUT2D eigenvalue weighted by atomic mass is 10.2. The summed E-state index contributed by atoms with van der Waals surface area (Å²) in [5.41, 5.74) is 0.0993. The number of carbonyl (C=O) groups is 1. The van der Waals surface area contributed by atoms with Gasteiger partial charge in [0.1, 0.15) is 5.82 Å². The standard InChI is InChI=1S/C14H20ClN3O2/c1-3-18-6-4-5-10(18)9-17(2)13-7-11(14(19)20)12(15)8-16-13/h7-8,10H,3-6,9H2,1-2H3,(H,19,20). The third-order valence-corrected chi connectivity index (χ3v) is 4.15. The lowest BCUT2D eigenvalue weighted by Crippen LogP contribution is -2.39. The summed E-state index contributed by atoms with van der Waals surface area (Å²) in [4.78, 5) is 19.8. The summed E-state index contributed by atoms with van der Waals surface area (Å²) in [6, 6.07) is 2.05. The van der Waals surface area contributed by atoms with Crippen molar-refractivity contribution < 1.29 is 9.90 Å². The predicted octanol–water partition coefficient (Wildman–Crippen LogP) is 2.35. The molecule has 2 heterocycles. The Hall–Kier alpha value is -1.33. The van der Waals surface area contributed by atoms with E-state index in [1.165, 1.54) is 25.1 Å². The molecule has 1 unspecified atom stereocenters. The largest absolute Gasteiger partial charge is 0.478 e. The van der Waals surface area contributed by atoms with Crippen molar-refractivity contribution in [1.82, 2.24) is 9.88 Å². The zero-order chi connectivity index (χ0) is 14.7. The fourth-order valence-electron chi connectivity index (χ4n) is 2.73. The molecule has 0 spiro atoms. The van der Waals surface area contributed by atoms with E-state index < -0.39 is 5.97 Å². The van der Waals surface area contributed by atoms with Gasteiger partial charge in [-0.3, -0.25) is 4.90 Å². The zero-order valence-corrected chi connectivity index (χ0v) is 12.6. The van der Waals surface area contributed by atoms with E-state index in [-0.39, 0.29) is 10.6 Å². The molecule has 0 bridgehead atoms. The molecule has 0 saturated carbocycles. The lowest BCUT2D eigenvalue weighted by Gasteiger charge is -2.28. The van der Waals surface area contributed by atoms with Crippen LogP contribution in [0.1, 0.15) is 30.1 Å². The molecule has 1 aromatic rings. The van der Waals surface area contributed by atoms with E-state index in [4.69, 9.17) is 16.7 Å². The lowest BCUT2D eigenvalue weighted by molar-refractivity contribution is 0.0697. The number of nitrogens with zero attached hydrogens (tertiary/aromatic N) is 3. The number of pyridine rings is 1. The fourth-order valence-corrected chi connectivity index (χ4v) is 2.91. The average Bonchev–Trinajstić information content (AvgIpc) is 2.86. The minimum absolute atomic E-state index is 0.0993. The third kappa shape index (κ3) is 3.22. The molecule has 1 atom stereocenters. The van der Waals surface area contributed by atoms with Crippen molar-refractivity contribution in [3.8, 4) is 0 Å². The van der Waals surface area contributed by atoms with Gasteiger partial charge in [-0.25, -0.2) is 9.78 Å². The fraction of sp³-hybridized carbons (Fsp3) is 0.571. The van der Waals surface area contributed by atoms with Crippen molar-refractivity contribution in [2.24, 2.45) is 0 Å². The molecular weight excluding hydrogens is 278 g/mol. The number of aromatic carboxylic acids is 1. The first kappa shape index (κ1) is 15.1. The maximum absolute atomic E-state index is 11.1. The molecule has 5 nitrogen and oxygen atoms in total. The molecule has 0 radical (unpaired) electrons. The summed E-state index contributed by atoms with van der Waals surface area (Å²) in [5, 5.41) is 9.27. The summed E-state index contributed by atoms with van der Waals surface area (Å²) in [7, 11) is 1.94. The third-order valence-electron chi connectivity index (χ3n) is 3.85. The molecule has 0 amide bonds. The van der Waals surface area contributed by atoms with Gasteiger partial charge in [-0.2, -0.15) is 0 Å². The van der Waals surface area contributed by atoms with Crippen molar-refractivity contribution in [3.63, 3.8) is 0 Å². The van der Waals surface area contributed by atoms with E-state index in [0.29, 0.717) is 11.9 Å². The maximum atomic E-state index is 11.1. The monoisotopic (exact) mass is 297 g/mol. The zero-order valence-electron chi connectivity index (χ0n) is 11.8. The molecular formula is C14H20ClN3O2. The summed E-state index contributed by atoms with van der Waals surface area (Å²) < 4.78 is 0. The van der Waals surface area contributed by atoms with Crippen LogP contribution < -0.4 is 4.90 Å². The number of rotatable bonds is 5. The van der Waals surface area contributed by atoms with E-state index in [1.807, 2.05) is 11.9 Å². The Bertz CT molecular complexity index is 495. The molecule has 110 valence electrons. The highest BCUT2D eigenvalue weighted by atomic mass is 35.5. The van der Waals surface area contributed by atoms with Crippen LogP contribution in [0.4, 0.5) is 5.82 Å². The summed E-state index contributed by atoms with van der Waals surface area (Å²) in [5.74, 6) is -0.377. The first-order chi connectivity index (χ1) is 9.52. The summed E-state index contributed by atoms with van der Waals surface area (Å²) >= 11 is 5.84. The Morgan fingerprint density at radius 3 is 3.05 bits per heavy atom. The van der Waals surface area contributed by atoms with Crippen molar-refractivity contribution >= 4 is 23.4 Å². The molecule has 0 aromatic carbocycles.